The molecular weight excluding hydrogens is 428 g/mol. The van der Waals surface area contributed by atoms with Gasteiger partial charge in [0.15, 0.2) is 0 Å². The molecule has 1 aliphatic heterocycles. The van der Waals surface area contributed by atoms with Crippen LogP contribution in [0.1, 0.15) is 69.2 Å². The molecule has 3 rings (SSSR count). The summed E-state index contributed by atoms with van der Waals surface area (Å²) in [6, 6.07) is 8.06. The fourth-order valence-electron chi connectivity index (χ4n) is 3.72. The van der Waals surface area contributed by atoms with Gasteiger partial charge in [0.25, 0.3) is 0 Å². The molecule has 0 radical (unpaired) electrons. The maximum atomic E-state index is 12.8. The number of benzene rings is 1. The first-order valence-electron chi connectivity index (χ1n) is 11.9. The number of fused-ring (bicyclic) bond motifs is 1. The second-order valence-corrected chi connectivity index (χ2v) is 9.58. The predicted octanol–water partition coefficient (Wildman–Crippen LogP) is 4.49. The molecule has 0 bridgehead atoms. The zero-order chi connectivity index (χ0) is 24.9. The van der Waals surface area contributed by atoms with Gasteiger partial charge in [-0.15, -0.1) is 0 Å². The summed E-state index contributed by atoms with van der Waals surface area (Å²) in [5.74, 6) is 1.53. The molecule has 1 aromatic heterocycles. The molecule has 0 saturated carbocycles. The molecule has 1 aromatic carbocycles. The van der Waals surface area contributed by atoms with E-state index in [-0.39, 0.29) is 11.8 Å². The van der Waals surface area contributed by atoms with Crippen LogP contribution in [0, 0.1) is 0 Å². The Kier molecular flexibility index (Phi) is 8.10. The van der Waals surface area contributed by atoms with Crippen molar-refractivity contribution in [3.8, 4) is 5.75 Å². The second kappa shape index (κ2) is 10.8. The van der Waals surface area contributed by atoms with Gasteiger partial charge in [0.05, 0.1) is 12.1 Å². The van der Waals surface area contributed by atoms with Crippen molar-refractivity contribution in [1.82, 2.24) is 15.2 Å². The lowest BCUT2D eigenvalue weighted by atomic mass is 9.98. The van der Waals surface area contributed by atoms with Gasteiger partial charge >= 0.3 is 0 Å². The molecule has 0 fully saturated rings. The predicted molar refractivity (Wildman–Crippen MR) is 136 cm³/mol. The van der Waals surface area contributed by atoms with Crippen molar-refractivity contribution in [3.63, 3.8) is 0 Å². The Bertz CT molecular complexity index is 1080. The Hall–Kier alpha value is -3.19. The number of hydrogen-bond acceptors (Lipinski definition) is 5. The Morgan fingerprint density at radius 3 is 2.79 bits per heavy atom. The number of rotatable bonds is 8. The van der Waals surface area contributed by atoms with E-state index < -0.39 is 5.54 Å². The number of amides is 2. The zero-order valence-corrected chi connectivity index (χ0v) is 21.1. The van der Waals surface area contributed by atoms with Gasteiger partial charge in [-0.3, -0.25) is 14.9 Å². The number of carbonyl (C=O) groups excluding carboxylic acids is 2. The normalized spacial score (nSPS) is 15.1. The molecule has 0 aliphatic carbocycles. The summed E-state index contributed by atoms with van der Waals surface area (Å²) in [4.78, 5) is 31.2. The van der Waals surface area contributed by atoms with Gasteiger partial charge in [0.2, 0.25) is 11.8 Å². The lowest BCUT2D eigenvalue weighted by molar-refractivity contribution is -0.125. The van der Waals surface area contributed by atoms with Gasteiger partial charge in [-0.1, -0.05) is 39.0 Å². The Morgan fingerprint density at radius 2 is 2.09 bits per heavy atom. The quantitative estimate of drug-likeness (QED) is 0.563. The van der Waals surface area contributed by atoms with Gasteiger partial charge < -0.3 is 15.0 Å². The number of nitrogens with zero attached hydrogens (tertiary/aromatic N) is 2. The van der Waals surface area contributed by atoms with Crippen molar-refractivity contribution in [3.05, 3.63) is 58.8 Å². The third-order valence-electron chi connectivity index (χ3n) is 5.91. The SMILES string of the molecule is CCCOc1c(CN(C)C(=O)C=Cc2cnc3c(c2)CNC(C)(C)C(=O)N3)cccc1C(C)C. The minimum atomic E-state index is -0.679. The fraction of sp³-hybridized carbons (Fsp3) is 0.444. The van der Waals surface area contributed by atoms with Crippen molar-refractivity contribution in [2.24, 2.45) is 0 Å². The number of nitrogens with one attached hydrogen (secondary N) is 2. The van der Waals surface area contributed by atoms with Crippen LogP contribution in [0.2, 0.25) is 0 Å². The minimum Gasteiger partial charge on any atom is -0.493 e. The van der Waals surface area contributed by atoms with E-state index in [1.807, 2.05) is 32.0 Å². The van der Waals surface area contributed by atoms with Crippen LogP contribution in [0.25, 0.3) is 6.08 Å². The molecule has 7 heteroatoms. The van der Waals surface area contributed by atoms with Crippen LogP contribution in [0.4, 0.5) is 5.82 Å². The summed E-state index contributed by atoms with van der Waals surface area (Å²) in [5, 5.41) is 6.09. The number of anilines is 1. The highest BCUT2D eigenvalue weighted by Gasteiger charge is 2.30. The summed E-state index contributed by atoms with van der Waals surface area (Å²) >= 11 is 0. The first-order valence-corrected chi connectivity index (χ1v) is 11.9. The van der Waals surface area contributed by atoms with E-state index in [0.717, 1.165) is 34.4 Å². The van der Waals surface area contributed by atoms with Gasteiger partial charge in [-0.05, 0) is 49.5 Å². The van der Waals surface area contributed by atoms with E-state index in [4.69, 9.17) is 4.74 Å². The lowest BCUT2D eigenvalue weighted by Gasteiger charge is -2.21. The molecule has 0 spiro atoms. The van der Waals surface area contributed by atoms with E-state index in [1.165, 1.54) is 0 Å². The maximum absolute atomic E-state index is 12.8. The van der Waals surface area contributed by atoms with E-state index >= 15 is 0 Å². The molecule has 34 heavy (non-hydrogen) atoms. The largest absolute Gasteiger partial charge is 0.493 e. The van der Waals surface area contributed by atoms with Gasteiger partial charge in [0, 0.05) is 43.5 Å². The summed E-state index contributed by atoms with van der Waals surface area (Å²) in [6.45, 7) is 11.6. The maximum Gasteiger partial charge on any atom is 0.246 e. The summed E-state index contributed by atoms with van der Waals surface area (Å²) in [7, 11) is 1.79. The average Bonchev–Trinajstić information content (AvgIpc) is 2.91. The smallest absolute Gasteiger partial charge is 0.246 e. The summed E-state index contributed by atoms with van der Waals surface area (Å²) in [6.07, 6.45) is 5.89. The van der Waals surface area contributed by atoms with Crippen LogP contribution in [-0.4, -0.2) is 40.9 Å². The van der Waals surface area contributed by atoms with Crippen LogP contribution in [-0.2, 0) is 22.7 Å². The van der Waals surface area contributed by atoms with Crippen LogP contribution >= 0.6 is 0 Å². The number of para-hydroxylation sites is 1. The molecule has 1 aliphatic rings. The van der Waals surface area contributed by atoms with Crippen LogP contribution in [0.15, 0.2) is 36.5 Å². The van der Waals surface area contributed by atoms with E-state index in [0.29, 0.717) is 31.4 Å². The standard InChI is InChI=1S/C27H36N4O3/c1-7-13-34-24-20(9-8-10-22(24)18(2)3)17-31(6)23(32)12-11-19-14-21-16-29-27(4,5)26(33)30-25(21)28-15-19/h8-12,14-15,18,29H,7,13,16-17H2,1-6H3,(H,28,30,33). The number of likely N-dealkylation sites (N-methyl/N-ethyl adjacent to an activating group) is 1. The fourth-order valence-corrected chi connectivity index (χ4v) is 3.72. The zero-order valence-electron chi connectivity index (χ0n) is 21.1. The monoisotopic (exact) mass is 464 g/mol. The highest BCUT2D eigenvalue weighted by atomic mass is 16.5. The van der Waals surface area contributed by atoms with E-state index in [1.54, 1.807) is 30.3 Å². The van der Waals surface area contributed by atoms with Crippen LogP contribution < -0.4 is 15.4 Å². The number of aromatic nitrogens is 1. The van der Waals surface area contributed by atoms with Crippen molar-refractivity contribution in [1.29, 1.82) is 0 Å². The highest BCUT2D eigenvalue weighted by Crippen LogP contribution is 2.31. The van der Waals surface area contributed by atoms with Crippen LogP contribution in [0.5, 0.6) is 5.75 Å². The van der Waals surface area contributed by atoms with E-state index in [2.05, 4.69) is 42.5 Å². The molecule has 0 atom stereocenters. The van der Waals surface area contributed by atoms with Crippen molar-refractivity contribution in [2.75, 3.05) is 19.0 Å². The average molecular weight is 465 g/mol. The number of ether oxygens (including phenoxy) is 1. The second-order valence-electron chi connectivity index (χ2n) is 9.58. The van der Waals surface area contributed by atoms with Crippen molar-refractivity contribution >= 4 is 23.7 Å². The molecule has 2 N–H and O–H groups in total. The third-order valence-corrected chi connectivity index (χ3v) is 5.91. The van der Waals surface area contributed by atoms with Gasteiger partial charge in [-0.25, -0.2) is 4.98 Å². The number of hydrogen-bond donors (Lipinski definition) is 2. The molecule has 2 amide bonds. The molecule has 0 saturated heterocycles. The van der Waals surface area contributed by atoms with Crippen LogP contribution in [0.3, 0.4) is 0 Å². The third kappa shape index (κ3) is 6.03. The molecule has 182 valence electrons. The van der Waals surface area contributed by atoms with Gasteiger partial charge in [-0.2, -0.15) is 0 Å². The molecule has 0 unspecified atom stereocenters. The van der Waals surface area contributed by atoms with Gasteiger partial charge in [0.1, 0.15) is 11.6 Å². The van der Waals surface area contributed by atoms with Crippen molar-refractivity contribution < 1.29 is 14.3 Å². The lowest BCUT2D eigenvalue weighted by Crippen LogP contribution is -2.47. The summed E-state index contributed by atoms with van der Waals surface area (Å²) in [5.41, 5.74) is 3.15. The minimum absolute atomic E-state index is 0.112. The molecule has 2 aromatic rings. The first-order chi connectivity index (χ1) is 16.1. The molecular formula is C27H36N4O3. The summed E-state index contributed by atoms with van der Waals surface area (Å²) < 4.78 is 6.07. The molecule has 2 heterocycles. The Balaban J connectivity index is 1.72. The van der Waals surface area contributed by atoms with Crippen molar-refractivity contribution in [2.45, 2.75) is 65.6 Å². The number of pyridine rings is 1. The first kappa shape index (κ1) is 25.4. The number of carbonyl (C=O) groups is 2. The Labute approximate surface area is 202 Å². The van der Waals surface area contributed by atoms with E-state index in [9.17, 15) is 9.59 Å². The molecule has 7 nitrogen and oxygen atoms in total. The topological polar surface area (TPSA) is 83.6 Å². The highest BCUT2D eigenvalue weighted by molar-refractivity contribution is 5.98. The Morgan fingerprint density at radius 1 is 1.32 bits per heavy atom.